The van der Waals surface area contributed by atoms with Crippen LogP contribution in [0.25, 0.3) is 0 Å². The van der Waals surface area contributed by atoms with Crippen LogP contribution in [0.15, 0.2) is 48.5 Å². The van der Waals surface area contributed by atoms with Gasteiger partial charge < -0.3 is 4.90 Å². The number of amides is 4. The molecule has 1 heterocycles. The molecule has 0 spiro atoms. The fourth-order valence-corrected chi connectivity index (χ4v) is 3.29. The number of hydrogen-bond acceptors (Lipinski definition) is 3. The number of rotatable bonds is 6. The lowest BCUT2D eigenvalue weighted by atomic mass is 10.1. The molecule has 0 aliphatic carbocycles. The summed E-state index contributed by atoms with van der Waals surface area (Å²) in [5.41, 5.74) is 4.34. The Balaban J connectivity index is 1.68. The molecule has 2 aromatic carbocycles. The van der Waals surface area contributed by atoms with E-state index in [9.17, 15) is 14.4 Å². The first-order valence-electron chi connectivity index (χ1n) is 8.95. The van der Waals surface area contributed by atoms with Crippen LogP contribution in [0.5, 0.6) is 0 Å². The quantitative estimate of drug-likeness (QED) is 0.619. The van der Waals surface area contributed by atoms with Crippen LogP contribution >= 0.6 is 0 Å². The van der Waals surface area contributed by atoms with Crippen molar-refractivity contribution < 1.29 is 19.3 Å². The predicted molar refractivity (Wildman–Crippen MR) is 101 cm³/mol. The highest BCUT2D eigenvalue weighted by Crippen LogP contribution is 2.15. The fraction of sp³-hybridized carbons (Fsp3) is 0.286. The van der Waals surface area contributed by atoms with Crippen molar-refractivity contribution in [2.24, 2.45) is 0 Å². The van der Waals surface area contributed by atoms with Crippen molar-refractivity contribution in [1.82, 2.24) is 9.80 Å². The van der Waals surface area contributed by atoms with Crippen LogP contribution < -0.4 is 4.90 Å². The van der Waals surface area contributed by atoms with E-state index in [0.29, 0.717) is 6.54 Å². The predicted octanol–water partition coefficient (Wildman–Crippen LogP) is 1.27. The molecule has 1 aliphatic rings. The molecule has 1 atom stereocenters. The molecule has 6 heteroatoms. The van der Waals surface area contributed by atoms with Crippen molar-refractivity contribution >= 4 is 17.8 Å². The summed E-state index contributed by atoms with van der Waals surface area (Å²) in [6, 6.07) is 14.9. The van der Waals surface area contributed by atoms with Gasteiger partial charge in [0, 0.05) is 5.56 Å². The second-order valence-electron chi connectivity index (χ2n) is 7.11. The van der Waals surface area contributed by atoms with Crippen LogP contribution in [-0.4, -0.2) is 41.4 Å². The van der Waals surface area contributed by atoms with Gasteiger partial charge in [-0.15, -0.1) is 0 Å². The van der Waals surface area contributed by atoms with E-state index in [4.69, 9.17) is 0 Å². The van der Waals surface area contributed by atoms with Crippen molar-refractivity contribution in [3.05, 3.63) is 70.8 Å². The van der Waals surface area contributed by atoms with Gasteiger partial charge in [0.25, 0.3) is 0 Å². The van der Waals surface area contributed by atoms with Crippen LogP contribution in [0, 0.1) is 13.8 Å². The molecule has 4 amide bonds. The summed E-state index contributed by atoms with van der Waals surface area (Å²) in [5.74, 6) is -1.51. The highest BCUT2D eigenvalue weighted by atomic mass is 16.2. The third-order valence-corrected chi connectivity index (χ3v) is 4.74. The number of carbonyl (C=O) groups excluding carboxylic acids is 3. The van der Waals surface area contributed by atoms with Crippen LogP contribution in [0.2, 0.25) is 0 Å². The molecule has 2 aromatic rings. The van der Waals surface area contributed by atoms with Gasteiger partial charge in [-0.25, -0.2) is 9.69 Å². The molecule has 3 rings (SSSR count). The molecule has 1 unspecified atom stereocenters. The first-order valence-corrected chi connectivity index (χ1v) is 8.95. The monoisotopic (exact) mass is 366 g/mol. The average molecular weight is 366 g/mol. The second-order valence-corrected chi connectivity index (χ2v) is 7.11. The lowest BCUT2D eigenvalue weighted by molar-refractivity contribution is -0.901. The standard InChI is InChI=1S/C21H23N3O3/c1-15-9-10-18(16(2)11-15)13-22(3)14-24-20(26)19(25)23(21(24)27)12-17-7-5-4-6-8-17/h4-11H,12-14H2,1-3H3/p+1. The number of nitrogens with zero attached hydrogens (tertiary/aromatic N) is 2. The van der Waals surface area contributed by atoms with E-state index in [0.717, 1.165) is 25.8 Å². The number of benzene rings is 2. The van der Waals surface area contributed by atoms with Gasteiger partial charge in [-0.1, -0.05) is 54.1 Å². The Bertz CT molecular complexity index is 879. The zero-order valence-corrected chi connectivity index (χ0v) is 15.9. The van der Waals surface area contributed by atoms with Gasteiger partial charge in [0.15, 0.2) is 6.67 Å². The van der Waals surface area contributed by atoms with Crippen LogP contribution in [-0.2, 0) is 22.7 Å². The third-order valence-electron chi connectivity index (χ3n) is 4.74. The van der Waals surface area contributed by atoms with Crippen LogP contribution in [0.3, 0.4) is 0 Å². The minimum atomic E-state index is -0.761. The Morgan fingerprint density at radius 2 is 1.56 bits per heavy atom. The third kappa shape index (κ3) is 4.06. The van der Waals surface area contributed by atoms with Crippen molar-refractivity contribution in [2.45, 2.75) is 26.9 Å². The maximum atomic E-state index is 12.6. The maximum Gasteiger partial charge on any atom is 0.339 e. The normalized spacial score (nSPS) is 15.6. The molecule has 1 aliphatic heterocycles. The van der Waals surface area contributed by atoms with E-state index in [1.54, 1.807) is 0 Å². The summed E-state index contributed by atoms with van der Waals surface area (Å²) < 4.78 is 0. The molecule has 0 radical (unpaired) electrons. The van der Waals surface area contributed by atoms with E-state index in [1.165, 1.54) is 11.1 Å². The van der Waals surface area contributed by atoms with Gasteiger partial charge in [-0.3, -0.25) is 14.5 Å². The van der Waals surface area contributed by atoms with E-state index in [1.807, 2.05) is 57.3 Å². The Kier molecular flexibility index (Phi) is 5.37. The summed E-state index contributed by atoms with van der Waals surface area (Å²) in [6.07, 6.45) is 0. The first-order chi connectivity index (χ1) is 12.9. The second kappa shape index (κ2) is 7.72. The molecule has 0 aromatic heterocycles. The van der Waals surface area contributed by atoms with E-state index in [2.05, 4.69) is 12.1 Å². The molecule has 0 bridgehead atoms. The lowest BCUT2D eigenvalue weighted by Crippen LogP contribution is -3.09. The molecule has 6 nitrogen and oxygen atoms in total. The minimum Gasteiger partial charge on any atom is -0.316 e. The molecule has 1 saturated heterocycles. The maximum absolute atomic E-state index is 12.6. The molecular formula is C21H24N3O3+. The van der Waals surface area contributed by atoms with Gasteiger partial charge in [-0.2, -0.15) is 0 Å². The Morgan fingerprint density at radius 3 is 2.22 bits per heavy atom. The van der Waals surface area contributed by atoms with E-state index < -0.39 is 17.8 Å². The zero-order valence-electron chi connectivity index (χ0n) is 15.9. The summed E-state index contributed by atoms with van der Waals surface area (Å²) in [7, 11) is 1.91. The molecule has 0 saturated carbocycles. The van der Waals surface area contributed by atoms with Crippen molar-refractivity contribution in [3.63, 3.8) is 0 Å². The average Bonchev–Trinajstić information content (AvgIpc) is 2.83. The molecular weight excluding hydrogens is 342 g/mol. The smallest absolute Gasteiger partial charge is 0.316 e. The van der Waals surface area contributed by atoms with Gasteiger partial charge in [0.1, 0.15) is 6.54 Å². The largest absolute Gasteiger partial charge is 0.339 e. The topological polar surface area (TPSA) is 62.1 Å². The molecule has 1 fully saturated rings. The Labute approximate surface area is 159 Å². The summed E-state index contributed by atoms with van der Waals surface area (Å²) in [5, 5.41) is 0. The summed E-state index contributed by atoms with van der Waals surface area (Å²) >= 11 is 0. The molecule has 140 valence electrons. The molecule has 27 heavy (non-hydrogen) atoms. The number of hydrogen-bond donors (Lipinski definition) is 1. The van der Waals surface area contributed by atoms with E-state index in [-0.39, 0.29) is 13.2 Å². The first kappa shape index (κ1) is 18.8. The highest BCUT2D eigenvalue weighted by Gasteiger charge is 2.45. The number of aryl methyl sites for hydroxylation is 2. The molecule has 1 N–H and O–H groups in total. The zero-order chi connectivity index (χ0) is 19.6. The number of carbonyl (C=O) groups is 3. The van der Waals surface area contributed by atoms with Gasteiger partial charge >= 0.3 is 17.8 Å². The van der Waals surface area contributed by atoms with Crippen LogP contribution in [0.4, 0.5) is 4.79 Å². The van der Waals surface area contributed by atoms with E-state index >= 15 is 0 Å². The lowest BCUT2D eigenvalue weighted by Gasteiger charge is -2.21. The number of quaternary nitrogens is 1. The van der Waals surface area contributed by atoms with Gasteiger partial charge in [0.2, 0.25) is 0 Å². The Morgan fingerprint density at radius 1 is 0.889 bits per heavy atom. The van der Waals surface area contributed by atoms with Crippen molar-refractivity contribution in [2.75, 3.05) is 13.7 Å². The number of nitrogens with one attached hydrogen (secondary N) is 1. The number of imide groups is 2. The van der Waals surface area contributed by atoms with Gasteiger partial charge in [0.05, 0.1) is 13.6 Å². The summed E-state index contributed by atoms with van der Waals surface area (Å²) in [6.45, 7) is 5.02. The Hall–Kier alpha value is -2.99. The fourth-order valence-electron chi connectivity index (χ4n) is 3.29. The summed E-state index contributed by atoms with van der Waals surface area (Å²) in [4.78, 5) is 40.2. The van der Waals surface area contributed by atoms with Crippen molar-refractivity contribution in [3.8, 4) is 0 Å². The van der Waals surface area contributed by atoms with Crippen molar-refractivity contribution in [1.29, 1.82) is 0 Å². The number of urea groups is 1. The SMILES string of the molecule is Cc1ccc(C[NH+](C)CN2C(=O)C(=O)N(Cc3ccccc3)C2=O)c(C)c1. The van der Waals surface area contributed by atoms with Crippen LogP contribution in [0.1, 0.15) is 22.3 Å². The minimum absolute atomic E-state index is 0.108. The highest BCUT2D eigenvalue weighted by molar-refractivity contribution is 6.44. The van der Waals surface area contributed by atoms with Gasteiger partial charge in [-0.05, 0) is 25.0 Å².